The van der Waals surface area contributed by atoms with Gasteiger partial charge in [-0.3, -0.25) is 0 Å². The molecule has 1 aromatic carbocycles. The summed E-state index contributed by atoms with van der Waals surface area (Å²) in [6, 6.07) is 6.75. The molecule has 2 aromatic heterocycles. The highest BCUT2D eigenvalue weighted by atomic mass is 19.3. The van der Waals surface area contributed by atoms with Crippen LogP contribution < -0.4 is 10.6 Å². The number of benzene rings is 1. The number of hydrogen-bond donors (Lipinski definition) is 2. The summed E-state index contributed by atoms with van der Waals surface area (Å²) in [6.45, 7) is 4.45. The quantitative estimate of drug-likeness (QED) is 0.637. The molecule has 2 N–H and O–H groups in total. The first-order valence-corrected chi connectivity index (χ1v) is 9.17. The first-order chi connectivity index (χ1) is 14.3. The lowest BCUT2D eigenvalue weighted by Gasteiger charge is -2.19. The molecule has 0 radical (unpaired) electrons. The van der Waals surface area contributed by atoms with Gasteiger partial charge < -0.3 is 15.4 Å². The number of ether oxygens (including phenoxy) is 1. The minimum absolute atomic E-state index is 0.0801. The lowest BCUT2D eigenvalue weighted by atomic mass is 10.1. The average molecular weight is 415 g/mol. The fraction of sp³-hybridized carbons (Fsp3) is 0.316. The van der Waals surface area contributed by atoms with Gasteiger partial charge in [-0.25, -0.2) is 28.2 Å². The maximum atomic E-state index is 12.9. The van der Waals surface area contributed by atoms with Gasteiger partial charge in [0.25, 0.3) is 6.43 Å². The number of nitrogens with one attached hydrogen (secondary N) is 2. The van der Waals surface area contributed by atoms with E-state index in [2.05, 4.69) is 30.9 Å². The largest absolute Gasteiger partial charge is 0.439 e. The standard InChI is InChI=1S/C19H19F2N7O2/c1-11-5-12(7-13(6-11)24-17-22-4-3-14(25-17)16(20)21)15-8-28(27-26-15)10-19(2)9-23-18(29)30-19/h3-8,16H,9-10H2,1-2H3,(H,23,29)(H,22,24,25). The molecule has 11 heteroatoms. The SMILES string of the molecule is Cc1cc(Nc2nccc(C(F)F)n2)cc(-c2cn(CC3(C)CNC(=O)O3)nn2)c1. The maximum Gasteiger partial charge on any atom is 0.407 e. The lowest BCUT2D eigenvalue weighted by molar-refractivity contribution is 0.0545. The monoisotopic (exact) mass is 415 g/mol. The van der Waals surface area contributed by atoms with Gasteiger partial charge in [-0.2, -0.15) is 0 Å². The summed E-state index contributed by atoms with van der Waals surface area (Å²) in [5, 5.41) is 13.9. The number of alkyl carbamates (subject to hydrolysis) is 1. The van der Waals surface area contributed by atoms with Gasteiger partial charge in [0.1, 0.15) is 17.0 Å². The van der Waals surface area contributed by atoms with Crippen LogP contribution in [0.1, 0.15) is 24.6 Å². The molecule has 0 saturated carbocycles. The Balaban J connectivity index is 1.54. The van der Waals surface area contributed by atoms with Gasteiger partial charge in [0.05, 0.1) is 19.3 Å². The van der Waals surface area contributed by atoms with Crippen molar-refractivity contribution in [2.24, 2.45) is 0 Å². The van der Waals surface area contributed by atoms with Gasteiger partial charge in [-0.15, -0.1) is 5.10 Å². The second kappa shape index (κ2) is 7.65. The van der Waals surface area contributed by atoms with Gasteiger partial charge in [-0.1, -0.05) is 5.21 Å². The third-order valence-corrected chi connectivity index (χ3v) is 4.51. The first kappa shape index (κ1) is 19.7. The van der Waals surface area contributed by atoms with E-state index in [4.69, 9.17) is 4.74 Å². The van der Waals surface area contributed by atoms with Crippen molar-refractivity contribution in [1.29, 1.82) is 0 Å². The van der Waals surface area contributed by atoms with E-state index in [0.29, 0.717) is 24.5 Å². The fourth-order valence-electron chi connectivity index (χ4n) is 3.18. The zero-order valence-electron chi connectivity index (χ0n) is 16.3. The number of hydrogen-bond acceptors (Lipinski definition) is 7. The Bertz CT molecular complexity index is 1090. The number of halogens is 2. The Hall–Kier alpha value is -3.63. The van der Waals surface area contributed by atoms with Crippen LogP contribution in [-0.2, 0) is 11.3 Å². The topological polar surface area (TPSA) is 107 Å². The van der Waals surface area contributed by atoms with Crippen molar-refractivity contribution in [2.45, 2.75) is 32.4 Å². The van der Waals surface area contributed by atoms with E-state index in [1.807, 2.05) is 26.0 Å². The molecule has 1 saturated heterocycles. The molecule has 156 valence electrons. The van der Waals surface area contributed by atoms with Gasteiger partial charge in [0.2, 0.25) is 5.95 Å². The number of carbonyl (C=O) groups excluding carboxylic acids is 1. The third kappa shape index (κ3) is 4.34. The summed E-state index contributed by atoms with van der Waals surface area (Å²) in [7, 11) is 0. The molecule has 30 heavy (non-hydrogen) atoms. The molecule has 1 aliphatic rings. The zero-order chi connectivity index (χ0) is 21.3. The number of carbonyl (C=O) groups is 1. The fourth-order valence-corrected chi connectivity index (χ4v) is 3.18. The summed E-state index contributed by atoms with van der Waals surface area (Å²) in [5.41, 5.74) is 1.90. The molecule has 1 unspecified atom stereocenters. The van der Waals surface area contributed by atoms with Crippen molar-refractivity contribution < 1.29 is 18.3 Å². The molecule has 1 aliphatic heterocycles. The highest BCUT2D eigenvalue weighted by Crippen LogP contribution is 2.26. The highest BCUT2D eigenvalue weighted by Gasteiger charge is 2.36. The van der Waals surface area contributed by atoms with Crippen molar-refractivity contribution in [2.75, 3.05) is 11.9 Å². The Kier molecular flexibility index (Phi) is 5.02. The molecule has 4 rings (SSSR count). The van der Waals surface area contributed by atoms with E-state index >= 15 is 0 Å². The summed E-state index contributed by atoms with van der Waals surface area (Å²) in [6.07, 6.45) is -0.0907. The molecule has 3 aromatic rings. The molecule has 0 spiro atoms. The van der Waals surface area contributed by atoms with Gasteiger partial charge in [0.15, 0.2) is 0 Å². The molecule has 0 bridgehead atoms. The number of alkyl halides is 2. The van der Waals surface area contributed by atoms with E-state index in [1.54, 1.807) is 16.9 Å². The van der Waals surface area contributed by atoms with E-state index in [0.717, 1.165) is 11.1 Å². The van der Waals surface area contributed by atoms with Crippen LogP contribution in [-0.4, -0.2) is 43.2 Å². The molecule has 3 heterocycles. The normalized spacial score (nSPS) is 18.4. The van der Waals surface area contributed by atoms with Crippen LogP contribution in [0.15, 0.2) is 36.7 Å². The second-order valence-corrected chi connectivity index (χ2v) is 7.31. The summed E-state index contributed by atoms with van der Waals surface area (Å²) in [4.78, 5) is 19.1. The van der Waals surface area contributed by atoms with Crippen LogP contribution in [0.5, 0.6) is 0 Å². The van der Waals surface area contributed by atoms with Gasteiger partial charge in [-0.05, 0) is 43.7 Å². The highest BCUT2D eigenvalue weighted by molar-refractivity contribution is 5.70. The minimum Gasteiger partial charge on any atom is -0.439 e. The average Bonchev–Trinajstić information content (AvgIpc) is 3.27. The predicted octanol–water partition coefficient (Wildman–Crippen LogP) is 3.22. The van der Waals surface area contributed by atoms with Crippen LogP contribution in [0.25, 0.3) is 11.3 Å². The van der Waals surface area contributed by atoms with Crippen LogP contribution in [0.3, 0.4) is 0 Å². The van der Waals surface area contributed by atoms with Crippen molar-refractivity contribution in [3.05, 3.63) is 47.9 Å². The predicted molar refractivity (Wildman–Crippen MR) is 103 cm³/mol. The van der Waals surface area contributed by atoms with Crippen molar-refractivity contribution in [3.8, 4) is 11.3 Å². The van der Waals surface area contributed by atoms with Crippen LogP contribution >= 0.6 is 0 Å². The van der Waals surface area contributed by atoms with Gasteiger partial charge in [0, 0.05) is 17.4 Å². The third-order valence-electron chi connectivity index (χ3n) is 4.51. The zero-order valence-corrected chi connectivity index (χ0v) is 16.3. The van der Waals surface area contributed by atoms with Crippen LogP contribution in [0.4, 0.5) is 25.2 Å². The van der Waals surface area contributed by atoms with E-state index < -0.39 is 18.1 Å². The Morgan fingerprint density at radius 2 is 2.20 bits per heavy atom. The van der Waals surface area contributed by atoms with Gasteiger partial charge >= 0.3 is 6.09 Å². The van der Waals surface area contributed by atoms with Crippen molar-refractivity contribution >= 4 is 17.7 Å². The number of aryl methyl sites for hydroxylation is 1. The van der Waals surface area contributed by atoms with E-state index in [-0.39, 0.29) is 11.6 Å². The van der Waals surface area contributed by atoms with Crippen LogP contribution in [0, 0.1) is 6.92 Å². The second-order valence-electron chi connectivity index (χ2n) is 7.31. The number of anilines is 2. The molecule has 0 aliphatic carbocycles. The van der Waals surface area contributed by atoms with E-state index in [9.17, 15) is 13.6 Å². The number of nitrogens with zero attached hydrogens (tertiary/aromatic N) is 5. The number of cyclic esters (lactones) is 1. The molecular formula is C19H19F2N7O2. The maximum absolute atomic E-state index is 12.9. The Morgan fingerprint density at radius 1 is 1.37 bits per heavy atom. The van der Waals surface area contributed by atoms with Crippen LogP contribution in [0.2, 0.25) is 0 Å². The summed E-state index contributed by atoms with van der Waals surface area (Å²) < 4.78 is 32.6. The smallest absolute Gasteiger partial charge is 0.407 e. The Morgan fingerprint density at radius 3 is 2.93 bits per heavy atom. The number of amides is 1. The molecule has 1 fully saturated rings. The van der Waals surface area contributed by atoms with E-state index in [1.165, 1.54) is 12.3 Å². The molecule has 1 amide bonds. The van der Waals surface area contributed by atoms with Crippen molar-refractivity contribution in [3.63, 3.8) is 0 Å². The first-order valence-electron chi connectivity index (χ1n) is 9.17. The molecule has 1 atom stereocenters. The lowest BCUT2D eigenvalue weighted by Crippen LogP contribution is -2.34. The molecule has 9 nitrogen and oxygen atoms in total. The minimum atomic E-state index is -2.67. The number of aromatic nitrogens is 5. The summed E-state index contributed by atoms with van der Waals surface area (Å²) in [5.74, 6) is 0.0801. The summed E-state index contributed by atoms with van der Waals surface area (Å²) >= 11 is 0. The van der Waals surface area contributed by atoms with Crippen molar-refractivity contribution in [1.82, 2.24) is 30.3 Å². The molecular weight excluding hydrogens is 396 g/mol. The Labute approximate surface area is 170 Å². The number of rotatable bonds is 6.